The fraction of sp³-hybridized carbons (Fsp3) is 0.543. The average molecular weight is 652 g/mol. The lowest BCUT2D eigenvalue weighted by molar-refractivity contribution is 0.0780. The molecular formula is C35H47ClFN5O2Si. The molecule has 0 bridgehead atoms. The van der Waals surface area contributed by atoms with Crippen LogP contribution >= 0.6 is 11.6 Å². The maximum Gasteiger partial charge on any atom is 0.256 e. The van der Waals surface area contributed by atoms with E-state index in [4.69, 9.17) is 21.0 Å². The summed E-state index contributed by atoms with van der Waals surface area (Å²) in [7, 11) is -0.169. The molecule has 10 heteroatoms. The largest absolute Gasteiger partial charge is 0.415 e. The van der Waals surface area contributed by atoms with Crippen LogP contribution in [0, 0.1) is 11.2 Å². The number of aliphatic imine (C=N–C) groups is 1. The molecule has 45 heavy (non-hydrogen) atoms. The number of benzene rings is 1. The minimum atomic E-state index is -1.84. The molecular weight excluding hydrogens is 605 g/mol. The maximum absolute atomic E-state index is 16.2. The zero-order valence-electron chi connectivity index (χ0n) is 28.2. The first-order valence-electron chi connectivity index (χ1n) is 15.9. The minimum absolute atomic E-state index is 0.0102. The van der Waals surface area contributed by atoms with Crippen molar-refractivity contribution in [2.45, 2.75) is 104 Å². The number of nitrogens with zero attached hydrogens (tertiary/aromatic N) is 5. The van der Waals surface area contributed by atoms with Gasteiger partial charge in [-0.3, -0.25) is 9.48 Å². The lowest BCUT2D eigenvalue weighted by Crippen LogP contribution is -2.41. The van der Waals surface area contributed by atoms with Gasteiger partial charge >= 0.3 is 0 Å². The van der Waals surface area contributed by atoms with Crippen LogP contribution in [-0.2, 0) is 22.9 Å². The molecule has 1 aliphatic carbocycles. The second-order valence-electron chi connectivity index (χ2n) is 15.2. The molecule has 1 saturated carbocycles. The Morgan fingerprint density at radius 2 is 1.80 bits per heavy atom. The third kappa shape index (κ3) is 6.28. The van der Waals surface area contributed by atoms with Gasteiger partial charge in [-0.15, -0.1) is 0 Å². The van der Waals surface area contributed by atoms with E-state index in [2.05, 4.69) is 64.7 Å². The molecule has 1 aliphatic heterocycles. The van der Waals surface area contributed by atoms with Crippen LogP contribution in [0.25, 0.3) is 11.1 Å². The van der Waals surface area contributed by atoms with Crippen LogP contribution in [0.1, 0.15) is 88.7 Å². The Balaban J connectivity index is 1.34. The molecule has 1 amide bonds. The third-order valence-corrected chi connectivity index (χ3v) is 14.8. The quantitative estimate of drug-likeness (QED) is 0.228. The van der Waals surface area contributed by atoms with Crippen LogP contribution in [0.2, 0.25) is 23.2 Å². The van der Waals surface area contributed by atoms with Crippen molar-refractivity contribution in [2.24, 2.45) is 10.4 Å². The van der Waals surface area contributed by atoms with Crippen molar-refractivity contribution in [1.29, 1.82) is 0 Å². The molecule has 0 radical (unpaired) electrons. The molecule has 0 atom stereocenters. The van der Waals surface area contributed by atoms with Gasteiger partial charge in [-0.1, -0.05) is 78.1 Å². The molecule has 0 N–H and O–H groups in total. The Morgan fingerprint density at radius 1 is 1.11 bits per heavy atom. The van der Waals surface area contributed by atoms with E-state index in [0.29, 0.717) is 36.1 Å². The summed E-state index contributed by atoms with van der Waals surface area (Å²) in [6.07, 6.45) is 9.32. The highest BCUT2D eigenvalue weighted by atomic mass is 35.5. The molecule has 1 spiro atoms. The Labute approximate surface area is 273 Å². The maximum atomic E-state index is 16.2. The van der Waals surface area contributed by atoms with Crippen LogP contribution in [0.5, 0.6) is 0 Å². The number of pyridine rings is 1. The topological polar surface area (TPSA) is 72.6 Å². The number of hydrogen-bond acceptors (Lipinski definition) is 5. The summed E-state index contributed by atoms with van der Waals surface area (Å²) in [5.74, 6) is -0.388. The van der Waals surface area contributed by atoms with Crippen molar-refractivity contribution in [3.05, 3.63) is 64.3 Å². The van der Waals surface area contributed by atoms with Crippen molar-refractivity contribution in [1.82, 2.24) is 19.7 Å². The van der Waals surface area contributed by atoms with E-state index >= 15 is 4.39 Å². The summed E-state index contributed by atoms with van der Waals surface area (Å²) in [5.41, 5.74) is 3.19. The minimum Gasteiger partial charge on any atom is -0.415 e. The summed E-state index contributed by atoms with van der Waals surface area (Å²) in [4.78, 5) is 24.7. The number of hydrogen-bond donors (Lipinski definition) is 0. The number of rotatable bonds is 8. The Morgan fingerprint density at radius 3 is 2.44 bits per heavy atom. The summed E-state index contributed by atoms with van der Waals surface area (Å²) in [6, 6.07) is 4.89. The molecule has 0 saturated heterocycles. The van der Waals surface area contributed by atoms with Gasteiger partial charge in [0, 0.05) is 64.8 Å². The van der Waals surface area contributed by atoms with Crippen molar-refractivity contribution in [3.63, 3.8) is 0 Å². The van der Waals surface area contributed by atoms with Gasteiger partial charge in [0.15, 0.2) is 14.1 Å². The summed E-state index contributed by atoms with van der Waals surface area (Å²) in [6.45, 7) is 19.1. The Hall–Kier alpha value is -2.88. The molecule has 5 rings (SSSR count). The zero-order valence-corrected chi connectivity index (χ0v) is 30.0. The molecule has 242 valence electrons. The van der Waals surface area contributed by atoms with Crippen molar-refractivity contribution in [3.8, 4) is 11.1 Å². The predicted octanol–water partition coefficient (Wildman–Crippen LogP) is 8.98. The normalized spacial score (nSPS) is 16.3. The number of amides is 1. The summed E-state index contributed by atoms with van der Waals surface area (Å²) < 4.78 is 24.3. The first-order valence-corrected chi connectivity index (χ1v) is 19.2. The third-order valence-electron chi connectivity index (χ3n) is 9.87. The van der Waals surface area contributed by atoms with Crippen LogP contribution in [-0.4, -0.2) is 53.3 Å². The second-order valence-corrected chi connectivity index (χ2v) is 20.4. The first kappa shape index (κ1) is 33.5. The molecule has 3 aromatic rings. The second kappa shape index (κ2) is 12.0. The van der Waals surface area contributed by atoms with Gasteiger partial charge in [-0.25, -0.2) is 14.4 Å². The summed E-state index contributed by atoms with van der Waals surface area (Å²) >= 11 is 7.14. The van der Waals surface area contributed by atoms with E-state index in [9.17, 15) is 4.79 Å². The molecule has 2 aliphatic rings. The Bertz CT molecular complexity index is 1630. The van der Waals surface area contributed by atoms with Gasteiger partial charge in [-0.2, -0.15) is 5.10 Å². The van der Waals surface area contributed by atoms with Crippen molar-refractivity contribution < 1.29 is 13.6 Å². The number of aromatic nitrogens is 3. The van der Waals surface area contributed by atoms with Gasteiger partial charge in [0.2, 0.25) is 0 Å². The van der Waals surface area contributed by atoms with Crippen LogP contribution in [0.4, 0.5) is 10.2 Å². The number of carbonyl (C=O) groups is 1. The zero-order chi connectivity index (χ0) is 32.9. The van der Waals surface area contributed by atoms with Crippen LogP contribution in [0.3, 0.4) is 0 Å². The van der Waals surface area contributed by atoms with Crippen LogP contribution < -0.4 is 0 Å². The molecule has 1 fully saturated rings. The SMILES string of the molecule is CN(Cc1cnn(CCO[Si](C)(C)C(C)(C)C)c1)C(=O)c1cccc(-c2cnc3c(c2Cl)C2(CCCC2)C(C(C)(C)C)=N3)c1F. The highest BCUT2D eigenvalue weighted by Gasteiger charge is 2.51. The van der Waals surface area contributed by atoms with Gasteiger partial charge in [0.25, 0.3) is 5.91 Å². The van der Waals surface area contributed by atoms with E-state index in [1.807, 2.05) is 10.9 Å². The van der Waals surface area contributed by atoms with Crippen molar-refractivity contribution in [2.75, 3.05) is 13.7 Å². The molecule has 1 aromatic carbocycles. The fourth-order valence-corrected chi connectivity index (χ4v) is 7.99. The summed E-state index contributed by atoms with van der Waals surface area (Å²) in [5, 5.41) is 5.07. The first-order chi connectivity index (χ1) is 21.0. The Kier molecular flexibility index (Phi) is 8.96. The molecule has 7 nitrogen and oxygen atoms in total. The number of carbonyl (C=O) groups excluding carboxylic acids is 1. The van der Waals surface area contributed by atoms with Gasteiger partial charge in [0.05, 0.1) is 29.9 Å². The number of halogens is 2. The lowest BCUT2D eigenvalue weighted by Gasteiger charge is -2.36. The highest BCUT2D eigenvalue weighted by molar-refractivity contribution is 6.74. The molecule has 0 unspecified atom stereocenters. The van der Waals surface area contributed by atoms with Gasteiger partial charge in [0.1, 0.15) is 5.82 Å². The molecule has 3 heterocycles. The smallest absolute Gasteiger partial charge is 0.256 e. The van der Waals surface area contributed by atoms with E-state index in [0.717, 1.165) is 42.5 Å². The van der Waals surface area contributed by atoms with E-state index in [1.54, 1.807) is 31.6 Å². The van der Waals surface area contributed by atoms with Gasteiger partial charge in [-0.05, 0) is 37.0 Å². The average Bonchev–Trinajstić information content (AvgIpc) is 3.68. The van der Waals surface area contributed by atoms with E-state index in [1.165, 1.54) is 11.0 Å². The monoisotopic (exact) mass is 651 g/mol. The number of fused-ring (bicyclic) bond motifs is 2. The van der Waals surface area contributed by atoms with E-state index in [-0.39, 0.29) is 27.0 Å². The lowest BCUT2D eigenvalue weighted by atomic mass is 9.68. The standard InChI is InChI=1S/C35H47ClFN5O2Si/c1-33(2,3)32-35(15-10-11-16-35)27-28(36)26(20-38-30(27)40-32)24-13-12-14-25(29(24)37)31(43)41(7)21-23-19-39-42(22-23)17-18-44-45(8,9)34(4,5)6/h12-14,19-20,22H,10-11,15-18,21H2,1-9H3. The van der Waals surface area contributed by atoms with Crippen LogP contribution in [0.15, 0.2) is 41.8 Å². The fourth-order valence-electron chi connectivity index (χ4n) is 6.54. The van der Waals surface area contributed by atoms with Crippen molar-refractivity contribution >= 4 is 37.4 Å². The van der Waals surface area contributed by atoms with E-state index < -0.39 is 20.0 Å². The molecule has 2 aromatic heterocycles. The predicted molar refractivity (Wildman–Crippen MR) is 183 cm³/mol. The highest BCUT2D eigenvalue weighted by Crippen LogP contribution is 2.56. The van der Waals surface area contributed by atoms with Gasteiger partial charge < -0.3 is 9.33 Å².